The maximum Gasteiger partial charge on any atom is 0.0175 e. The number of likely N-dealkylation sites (tertiary alicyclic amines) is 1. The van der Waals surface area contributed by atoms with Crippen LogP contribution in [0.15, 0.2) is 30.0 Å². The van der Waals surface area contributed by atoms with Crippen LogP contribution in [-0.4, -0.2) is 18.0 Å². The predicted octanol–water partition coefficient (Wildman–Crippen LogP) is 4.23. The third kappa shape index (κ3) is 2.91. The van der Waals surface area contributed by atoms with E-state index in [-0.39, 0.29) is 0 Å². The summed E-state index contributed by atoms with van der Waals surface area (Å²) in [5.74, 6) is 0. The highest BCUT2D eigenvalue weighted by molar-refractivity contribution is 5.66. The first-order valence-corrected chi connectivity index (χ1v) is 6.68. The summed E-state index contributed by atoms with van der Waals surface area (Å²) in [6.07, 6.45) is 4.09. The van der Waals surface area contributed by atoms with E-state index in [1.54, 1.807) is 0 Å². The van der Waals surface area contributed by atoms with Crippen molar-refractivity contribution >= 4 is 5.57 Å². The quantitative estimate of drug-likeness (QED) is 0.733. The van der Waals surface area contributed by atoms with Gasteiger partial charge in [0.25, 0.3) is 0 Å². The van der Waals surface area contributed by atoms with Gasteiger partial charge in [0.1, 0.15) is 0 Å². The third-order valence-corrected chi connectivity index (χ3v) is 3.86. The highest BCUT2D eigenvalue weighted by Crippen LogP contribution is 2.23. The first-order chi connectivity index (χ1) is 8.18. The zero-order chi connectivity index (χ0) is 12.3. The topological polar surface area (TPSA) is 3.24 Å². The Morgan fingerprint density at radius 1 is 0.941 bits per heavy atom. The molecule has 17 heavy (non-hydrogen) atoms. The van der Waals surface area contributed by atoms with Gasteiger partial charge in [0.05, 0.1) is 0 Å². The van der Waals surface area contributed by atoms with Gasteiger partial charge < -0.3 is 4.90 Å². The van der Waals surface area contributed by atoms with Gasteiger partial charge in [-0.3, -0.25) is 0 Å². The molecule has 0 radical (unpaired) electrons. The van der Waals surface area contributed by atoms with Gasteiger partial charge in [0.2, 0.25) is 0 Å². The van der Waals surface area contributed by atoms with Crippen molar-refractivity contribution in [1.82, 2.24) is 4.90 Å². The molecule has 1 aliphatic rings. The van der Waals surface area contributed by atoms with E-state index in [4.69, 9.17) is 0 Å². The Bertz CT molecular complexity index is 394. The Morgan fingerprint density at radius 2 is 1.53 bits per heavy atom. The molecule has 0 amide bonds. The molecule has 0 saturated carbocycles. The van der Waals surface area contributed by atoms with Gasteiger partial charge in [-0.2, -0.15) is 0 Å². The van der Waals surface area contributed by atoms with Gasteiger partial charge in [-0.15, -0.1) is 0 Å². The summed E-state index contributed by atoms with van der Waals surface area (Å²) in [5, 5.41) is 0. The molecule has 0 unspecified atom stereocenters. The van der Waals surface area contributed by atoms with Crippen LogP contribution in [0.3, 0.4) is 0 Å². The fraction of sp³-hybridized carbons (Fsp3) is 0.500. The number of rotatable bonds is 2. The predicted molar refractivity (Wildman–Crippen MR) is 74.9 cm³/mol. The Hall–Kier alpha value is -1.24. The lowest BCUT2D eigenvalue weighted by Crippen LogP contribution is -2.28. The van der Waals surface area contributed by atoms with Gasteiger partial charge in [-0.25, -0.2) is 0 Å². The van der Waals surface area contributed by atoms with Gasteiger partial charge in [-0.1, -0.05) is 29.8 Å². The van der Waals surface area contributed by atoms with Crippen LogP contribution in [0.5, 0.6) is 0 Å². The molecule has 1 aliphatic heterocycles. The molecule has 1 heterocycles. The number of hydrogen-bond acceptors (Lipinski definition) is 1. The van der Waals surface area contributed by atoms with Gasteiger partial charge in [0, 0.05) is 18.8 Å². The minimum atomic E-state index is 1.23. The Morgan fingerprint density at radius 3 is 2.12 bits per heavy atom. The number of benzene rings is 1. The van der Waals surface area contributed by atoms with Crippen LogP contribution >= 0.6 is 0 Å². The lowest BCUT2D eigenvalue weighted by atomic mass is 10.0. The molecule has 1 heteroatoms. The summed E-state index contributed by atoms with van der Waals surface area (Å²) in [6, 6.07) is 8.86. The van der Waals surface area contributed by atoms with Crippen LogP contribution in [0.1, 0.15) is 44.2 Å². The van der Waals surface area contributed by atoms with Crippen molar-refractivity contribution in [2.24, 2.45) is 0 Å². The van der Waals surface area contributed by atoms with Crippen LogP contribution in [0.4, 0.5) is 0 Å². The summed E-state index contributed by atoms with van der Waals surface area (Å²) < 4.78 is 0. The van der Waals surface area contributed by atoms with Crippen LogP contribution in [0.25, 0.3) is 5.57 Å². The number of piperidine rings is 1. The molecule has 0 aliphatic carbocycles. The smallest absolute Gasteiger partial charge is 0.0175 e. The fourth-order valence-electron chi connectivity index (χ4n) is 2.48. The molecule has 0 bridgehead atoms. The van der Waals surface area contributed by atoms with Gasteiger partial charge >= 0.3 is 0 Å². The van der Waals surface area contributed by atoms with Crippen molar-refractivity contribution in [3.63, 3.8) is 0 Å². The number of aryl methyl sites for hydroxylation is 1. The van der Waals surface area contributed by atoms with Crippen molar-refractivity contribution in [3.8, 4) is 0 Å². The van der Waals surface area contributed by atoms with Crippen molar-refractivity contribution in [3.05, 3.63) is 41.1 Å². The number of nitrogens with zero attached hydrogens (tertiary/aromatic N) is 1. The second-order valence-electron chi connectivity index (χ2n) is 5.12. The molecule has 2 rings (SSSR count). The van der Waals surface area contributed by atoms with E-state index in [2.05, 4.69) is 49.9 Å². The van der Waals surface area contributed by atoms with E-state index in [0.29, 0.717) is 0 Å². The molecular weight excluding hydrogens is 206 g/mol. The summed E-state index contributed by atoms with van der Waals surface area (Å²) in [6.45, 7) is 9.11. The second-order valence-corrected chi connectivity index (χ2v) is 5.12. The molecule has 0 spiro atoms. The minimum Gasteiger partial charge on any atom is -0.375 e. The summed E-state index contributed by atoms with van der Waals surface area (Å²) in [4.78, 5) is 2.54. The molecule has 1 fully saturated rings. The molecule has 0 atom stereocenters. The molecule has 1 aromatic carbocycles. The highest BCUT2D eigenvalue weighted by Gasteiger charge is 2.12. The molecule has 1 saturated heterocycles. The van der Waals surface area contributed by atoms with Gasteiger partial charge in [-0.05, 0) is 51.2 Å². The van der Waals surface area contributed by atoms with Crippen molar-refractivity contribution in [1.29, 1.82) is 0 Å². The lowest BCUT2D eigenvalue weighted by molar-refractivity contribution is 0.287. The molecule has 92 valence electrons. The largest absolute Gasteiger partial charge is 0.375 e. The summed E-state index contributed by atoms with van der Waals surface area (Å²) >= 11 is 0. The highest BCUT2D eigenvalue weighted by atomic mass is 15.1. The minimum absolute atomic E-state index is 1.23. The molecule has 1 aromatic rings. The van der Waals surface area contributed by atoms with E-state index in [9.17, 15) is 0 Å². The Kier molecular flexibility index (Phi) is 3.88. The maximum absolute atomic E-state index is 2.54. The summed E-state index contributed by atoms with van der Waals surface area (Å²) in [5.41, 5.74) is 5.57. The monoisotopic (exact) mass is 229 g/mol. The fourth-order valence-corrected chi connectivity index (χ4v) is 2.48. The lowest BCUT2D eigenvalue weighted by Gasteiger charge is -2.31. The molecule has 1 nitrogen and oxygen atoms in total. The van der Waals surface area contributed by atoms with E-state index in [0.717, 1.165) is 0 Å². The Labute approximate surface area is 105 Å². The van der Waals surface area contributed by atoms with E-state index >= 15 is 0 Å². The zero-order valence-corrected chi connectivity index (χ0v) is 11.3. The van der Waals surface area contributed by atoms with E-state index in [1.165, 1.54) is 54.7 Å². The normalized spacial score (nSPS) is 17.9. The van der Waals surface area contributed by atoms with Crippen molar-refractivity contribution < 1.29 is 0 Å². The molecular formula is C16H23N. The van der Waals surface area contributed by atoms with Crippen molar-refractivity contribution in [2.75, 3.05) is 13.1 Å². The van der Waals surface area contributed by atoms with E-state index < -0.39 is 0 Å². The first kappa shape index (κ1) is 12.2. The third-order valence-electron chi connectivity index (χ3n) is 3.86. The molecule has 0 aromatic heterocycles. The maximum atomic E-state index is 2.54. The number of hydrogen-bond donors (Lipinski definition) is 0. The van der Waals surface area contributed by atoms with Crippen LogP contribution in [0, 0.1) is 6.92 Å². The molecule has 0 N–H and O–H groups in total. The van der Waals surface area contributed by atoms with Crippen LogP contribution in [-0.2, 0) is 0 Å². The second kappa shape index (κ2) is 5.39. The average Bonchev–Trinajstić information content (AvgIpc) is 2.39. The Balaban J connectivity index is 2.20. The number of allylic oxidation sites excluding steroid dienone is 2. The van der Waals surface area contributed by atoms with Gasteiger partial charge in [0.15, 0.2) is 0 Å². The zero-order valence-electron chi connectivity index (χ0n) is 11.3. The SMILES string of the molecule is CC(=C(C)N1CCCCC1)c1ccc(C)cc1. The van der Waals surface area contributed by atoms with E-state index in [1.807, 2.05) is 0 Å². The average molecular weight is 229 g/mol. The first-order valence-electron chi connectivity index (χ1n) is 6.68. The van der Waals surface area contributed by atoms with Crippen LogP contribution < -0.4 is 0 Å². The van der Waals surface area contributed by atoms with Crippen LogP contribution in [0.2, 0.25) is 0 Å². The van der Waals surface area contributed by atoms with Crippen molar-refractivity contribution in [2.45, 2.75) is 40.0 Å². The standard InChI is InChI=1S/C16H23N/c1-13-7-9-16(10-8-13)14(2)15(3)17-11-5-4-6-12-17/h7-10H,4-6,11-12H2,1-3H3. The summed E-state index contributed by atoms with van der Waals surface area (Å²) in [7, 11) is 0.